The minimum Gasteiger partial charge on any atom is -0.497 e. The van der Waals surface area contributed by atoms with E-state index in [4.69, 9.17) is 9.47 Å². The van der Waals surface area contributed by atoms with Crippen LogP contribution in [0.25, 0.3) is 0 Å². The standard InChI is InChI=1S/C21H28N4O5S/c1-13-5-7-16(8-6-13)25-31(27,28)21-19(14(2)23-24-21)20(26)22-12-15-11-17(29-3)9-10-18(15)30-4/h5-11,14,19,21,23-25H,12H2,1-4H3,(H,22,26). The summed E-state index contributed by atoms with van der Waals surface area (Å²) in [6.45, 7) is 3.84. The highest BCUT2D eigenvalue weighted by Crippen LogP contribution is 2.25. The molecule has 2 aromatic carbocycles. The first-order valence-corrected chi connectivity index (χ1v) is 11.4. The van der Waals surface area contributed by atoms with Crippen LogP contribution in [0.2, 0.25) is 0 Å². The highest BCUT2D eigenvalue weighted by molar-refractivity contribution is 7.93. The number of anilines is 1. The fourth-order valence-electron chi connectivity index (χ4n) is 3.46. The van der Waals surface area contributed by atoms with E-state index in [0.29, 0.717) is 17.2 Å². The van der Waals surface area contributed by atoms with Crippen LogP contribution in [0.5, 0.6) is 11.5 Å². The Kier molecular flexibility index (Phi) is 7.04. The van der Waals surface area contributed by atoms with E-state index in [-0.39, 0.29) is 6.54 Å². The Balaban J connectivity index is 1.74. The summed E-state index contributed by atoms with van der Waals surface area (Å²) in [6.07, 6.45) is 0. The topological polar surface area (TPSA) is 118 Å². The summed E-state index contributed by atoms with van der Waals surface area (Å²) in [7, 11) is -0.794. The van der Waals surface area contributed by atoms with Crippen molar-refractivity contribution in [3.05, 3.63) is 53.6 Å². The molecular weight excluding hydrogens is 420 g/mol. The minimum absolute atomic E-state index is 0.167. The van der Waals surface area contributed by atoms with Gasteiger partial charge in [-0.3, -0.25) is 14.9 Å². The van der Waals surface area contributed by atoms with Gasteiger partial charge in [-0.15, -0.1) is 0 Å². The van der Waals surface area contributed by atoms with E-state index < -0.39 is 33.3 Å². The van der Waals surface area contributed by atoms with Crippen LogP contribution in [0.4, 0.5) is 5.69 Å². The molecule has 0 spiro atoms. The van der Waals surface area contributed by atoms with Crippen LogP contribution in [0.1, 0.15) is 18.1 Å². The predicted molar refractivity (Wildman–Crippen MR) is 118 cm³/mol. The van der Waals surface area contributed by atoms with Crippen molar-refractivity contribution >= 4 is 21.6 Å². The molecule has 1 saturated heterocycles. The van der Waals surface area contributed by atoms with Crippen LogP contribution in [-0.2, 0) is 21.4 Å². The number of carbonyl (C=O) groups excluding carboxylic acids is 1. The molecule has 1 fully saturated rings. The summed E-state index contributed by atoms with van der Waals surface area (Å²) in [5.74, 6) is -0.0129. The zero-order valence-corrected chi connectivity index (χ0v) is 18.7. The fraction of sp³-hybridized carbons (Fsp3) is 0.381. The molecule has 168 valence electrons. The second kappa shape index (κ2) is 9.54. The molecule has 4 N–H and O–H groups in total. The number of hydrogen-bond acceptors (Lipinski definition) is 7. The molecule has 1 heterocycles. The zero-order chi connectivity index (χ0) is 22.6. The Labute approximate surface area is 182 Å². The number of benzene rings is 2. The Morgan fingerprint density at radius 2 is 1.77 bits per heavy atom. The molecule has 0 aromatic heterocycles. The summed E-state index contributed by atoms with van der Waals surface area (Å²) < 4.78 is 39.1. The van der Waals surface area contributed by atoms with Crippen molar-refractivity contribution in [2.45, 2.75) is 31.8 Å². The van der Waals surface area contributed by atoms with Gasteiger partial charge in [0.15, 0.2) is 5.37 Å². The van der Waals surface area contributed by atoms with E-state index in [0.717, 1.165) is 11.1 Å². The first kappa shape index (κ1) is 22.9. The first-order valence-electron chi connectivity index (χ1n) is 9.83. The Morgan fingerprint density at radius 3 is 2.42 bits per heavy atom. The Morgan fingerprint density at radius 1 is 1.06 bits per heavy atom. The third-order valence-corrected chi connectivity index (χ3v) is 6.81. The van der Waals surface area contributed by atoms with Gasteiger partial charge in [-0.1, -0.05) is 17.7 Å². The monoisotopic (exact) mass is 448 g/mol. The van der Waals surface area contributed by atoms with E-state index in [9.17, 15) is 13.2 Å². The largest absolute Gasteiger partial charge is 0.497 e. The van der Waals surface area contributed by atoms with Crippen molar-refractivity contribution in [3.8, 4) is 11.5 Å². The average Bonchev–Trinajstić information content (AvgIpc) is 3.15. The van der Waals surface area contributed by atoms with Crippen molar-refractivity contribution in [1.82, 2.24) is 16.2 Å². The predicted octanol–water partition coefficient (Wildman–Crippen LogP) is 1.51. The molecule has 1 amide bonds. The molecule has 0 bridgehead atoms. The van der Waals surface area contributed by atoms with Gasteiger partial charge in [-0.2, -0.15) is 0 Å². The lowest BCUT2D eigenvalue weighted by Gasteiger charge is -2.21. The fourth-order valence-corrected chi connectivity index (χ4v) is 5.02. The van der Waals surface area contributed by atoms with Crippen molar-refractivity contribution in [2.24, 2.45) is 5.92 Å². The van der Waals surface area contributed by atoms with Crippen molar-refractivity contribution in [1.29, 1.82) is 0 Å². The lowest BCUT2D eigenvalue weighted by Crippen LogP contribution is -2.47. The molecule has 9 nitrogen and oxygen atoms in total. The maximum absolute atomic E-state index is 13.0. The zero-order valence-electron chi connectivity index (χ0n) is 17.9. The second-order valence-corrected chi connectivity index (χ2v) is 9.23. The molecule has 0 aliphatic carbocycles. The molecule has 3 unspecified atom stereocenters. The van der Waals surface area contributed by atoms with Crippen LogP contribution < -0.4 is 30.4 Å². The van der Waals surface area contributed by atoms with Crippen LogP contribution in [0, 0.1) is 12.8 Å². The van der Waals surface area contributed by atoms with Gasteiger partial charge < -0.3 is 14.8 Å². The lowest BCUT2D eigenvalue weighted by molar-refractivity contribution is -0.125. The number of aryl methyl sites for hydroxylation is 1. The minimum atomic E-state index is -3.89. The highest BCUT2D eigenvalue weighted by Gasteiger charge is 2.46. The number of ether oxygens (including phenoxy) is 2. The number of rotatable bonds is 8. The van der Waals surface area contributed by atoms with Crippen LogP contribution in [0.15, 0.2) is 42.5 Å². The number of carbonyl (C=O) groups is 1. The van der Waals surface area contributed by atoms with Gasteiger partial charge in [0.1, 0.15) is 11.5 Å². The van der Waals surface area contributed by atoms with Gasteiger partial charge in [0.05, 0.1) is 20.1 Å². The van der Waals surface area contributed by atoms with E-state index in [1.807, 2.05) is 19.1 Å². The van der Waals surface area contributed by atoms with E-state index >= 15 is 0 Å². The van der Waals surface area contributed by atoms with Crippen LogP contribution in [0.3, 0.4) is 0 Å². The van der Waals surface area contributed by atoms with E-state index in [1.54, 1.807) is 51.5 Å². The van der Waals surface area contributed by atoms with E-state index in [2.05, 4.69) is 20.9 Å². The van der Waals surface area contributed by atoms with Gasteiger partial charge in [-0.25, -0.2) is 13.8 Å². The van der Waals surface area contributed by atoms with Gasteiger partial charge in [0, 0.05) is 23.8 Å². The van der Waals surface area contributed by atoms with E-state index in [1.165, 1.54) is 0 Å². The number of nitrogens with one attached hydrogen (secondary N) is 4. The van der Waals surface area contributed by atoms with Crippen molar-refractivity contribution in [2.75, 3.05) is 18.9 Å². The lowest BCUT2D eigenvalue weighted by atomic mass is 10.0. The second-order valence-electron chi connectivity index (χ2n) is 7.43. The normalized spacial score (nSPS) is 20.8. The highest BCUT2D eigenvalue weighted by atomic mass is 32.2. The summed E-state index contributed by atoms with van der Waals surface area (Å²) in [5, 5.41) is 1.68. The number of methoxy groups -OCH3 is 2. The third kappa shape index (κ3) is 5.27. The molecule has 3 rings (SSSR count). The van der Waals surface area contributed by atoms with Crippen molar-refractivity contribution < 1.29 is 22.7 Å². The molecule has 2 aromatic rings. The average molecular weight is 449 g/mol. The van der Waals surface area contributed by atoms with Crippen LogP contribution >= 0.6 is 0 Å². The molecular formula is C21H28N4O5S. The smallest absolute Gasteiger partial charge is 0.250 e. The molecule has 1 aliphatic rings. The number of hydrazine groups is 1. The quantitative estimate of drug-likeness (QED) is 0.483. The summed E-state index contributed by atoms with van der Waals surface area (Å²) >= 11 is 0. The third-order valence-electron chi connectivity index (χ3n) is 5.21. The molecule has 3 atom stereocenters. The molecule has 1 aliphatic heterocycles. The van der Waals surface area contributed by atoms with Gasteiger partial charge in [0.25, 0.3) is 10.0 Å². The van der Waals surface area contributed by atoms with Gasteiger partial charge in [0.2, 0.25) is 5.91 Å². The molecule has 31 heavy (non-hydrogen) atoms. The van der Waals surface area contributed by atoms with Gasteiger partial charge in [-0.05, 0) is 44.2 Å². The van der Waals surface area contributed by atoms with Gasteiger partial charge >= 0.3 is 0 Å². The number of hydrogen-bond donors (Lipinski definition) is 4. The summed E-state index contributed by atoms with van der Waals surface area (Å²) in [4.78, 5) is 13.0. The summed E-state index contributed by atoms with van der Waals surface area (Å²) in [6, 6.07) is 11.9. The molecule has 0 saturated carbocycles. The molecule has 0 radical (unpaired) electrons. The SMILES string of the molecule is COc1ccc(OC)c(CNC(=O)C2C(C)NNC2S(=O)(=O)Nc2ccc(C)cc2)c1. The molecule has 10 heteroatoms. The van der Waals surface area contributed by atoms with Crippen LogP contribution in [-0.4, -0.2) is 40.0 Å². The maximum atomic E-state index is 13.0. The first-order chi connectivity index (χ1) is 14.7. The van der Waals surface area contributed by atoms with Crippen molar-refractivity contribution in [3.63, 3.8) is 0 Å². The maximum Gasteiger partial charge on any atom is 0.250 e. The summed E-state index contributed by atoms with van der Waals surface area (Å²) in [5.41, 5.74) is 7.78. The Bertz CT molecular complexity index is 1030. The Hall–Kier alpha value is -2.82. The number of amides is 1. The number of sulfonamides is 1.